The van der Waals surface area contributed by atoms with Crippen molar-refractivity contribution < 1.29 is 19.4 Å². The van der Waals surface area contributed by atoms with Gasteiger partial charge in [-0.05, 0) is 37.0 Å². The number of nitrogens with zero attached hydrogens (tertiary/aromatic N) is 1. The summed E-state index contributed by atoms with van der Waals surface area (Å²) < 4.78 is 5.58. The first-order chi connectivity index (χ1) is 9.88. The van der Waals surface area contributed by atoms with Gasteiger partial charge in [-0.2, -0.15) is 0 Å². The van der Waals surface area contributed by atoms with Gasteiger partial charge in [0, 0.05) is 13.1 Å². The maximum atomic E-state index is 12.1. The summed E-state index contributed by atoms with van der Waals surface area (Å²) in [4.78, 5) is 24.8. The molecule has 5 heteroatoms. The van der Waals surface area contributed by atoms with Crippen LogP contribution in [0.25, 0.3) is 0 Å². The lowest BCUT2D eigenvalue weighted by Gasteiger charge is -2.17. The van der Waals surface area contributed by atoms with Crippen molar-refractivity contribution in [1.29, 1.82) is 0 Å². The van der Waals surface area contributed by atoms with Gasteiger partial charge in [-0.3, -0.25) is 9.59 Å². The minimum atomic E-state index is -0.840. The van der Waals surface area contributed by atoms with Gasteiger partial charge < -0.3 is 14.7 Å². The van der Waals surface area contributed by atoms with Crippen molar-refractivity contribution in [1.82, 2.24) is 4.90 Å². The van der Waals surface area contributed by atoms with E-state index in [1.54, 1.807) is 4.90 Å². The second-order valence-electron chi connectivity index (χ2n) is 5.78. The molecular formula is C16H21NO4. The van der Waals surface area contributed by atoms with Crippen LogP contribution in [0.4, 0.5) is 0 Å². The fourth-order valence-corrected chi connectivity index (χ4v) is 2.59. The smallest absolute Gasteiger partial charge is 0.308 e. The number of benzene rings is 1. The Morgan fingerprint density at radius 1 is 1.33 bits per heavy atom. The predicted octanol–water partition coefficient (Wildman–Crippen LogP) is 1.86. The Balaban J connectivity index is 1.94. The summed E-state index contributed by atoms with van der Waals surface area (Å²) >= 11 is 0. The van der Waals surface area contributed by atoms with Gasteiger partial charge in [0.1, 0.15) is 5.75 Å². The van der Waals surface area contributed by atoms with Crippen LogP contribution in [0.1, 0.15) is 18.1 Å². The minimum absolute atomic E-state index is 0.0212. The summed E-state index contributed by atoms with van der Waals surface area (Å²) in [5, 5.41) is 9.09. The van der Waals surface area contributed by atoms with Gasteiger partial charge in [-0.25, -0.2) is 0 Å². The third-order valence-corrected chi connectivity index (χ3v) is 3.98. The zero-order chi connectivity index (χ0) is 15.6. The number of carboxylic acid groups (broad SMARTS) is 1. The quantitative estimate of drug-likeness (QED) is 0.919. The van der Waals surface area contributed by atoms with Gasteiger partial charge in [-0.15, -0.1) is 0 Å². The number of likely N-dealkylation sites (tertiary alicyclic amines) is 1. The zero-order valence-electron chi connectivity index (χ0n) is 12.6. The van der Waals surface area contributed by atoms with E-state index in [4.69, 9.17) is 9.84 Å². The molecule has 0 saturated carbocycles. The summed E-state index contributed by atoms with van der Waals surface area (Å²) in [5.41, 5.74) is 2.05. The number of carbonyl (C=O) groups excluding carboxylic acids is 1. The number of hydrogen-bond donors (Lipinski definition) is 1. The molecule has 114 valence electrons. The Bertz CT molecular complexity index is 555. The number of carbonyl (C=O) groups is 2. The number of aliphatic carboxylic acids is 1. The molecular weight excluding hydrogens is 270 g/mol. The summed E-state index contributed by atoms with van der Waals surface area (Å²) in [5.74, 6) is -0.799. The molecule has 0 radical (unpaired) electrons. The van der Waals surface area contributed by atoms with Crippen molar-refractivity contribution in [3.05, 3.63) is 29.3 Å². The normalized spacial score (nSPS) is 21.4. The Morgan fingerprint density at radius 2 is 2.05 bits per heavy atom. The highest BCUT2D eigenvalue weighted by molar-refractivity contribution is 5.80. The van der Waals surface area contributed by atoms with Crippen LogP contribution in [0.3, 0.4) is 0 Å². The van der Waals surface area contributed by atoms with E-state index >= 15 is 0 Å². The SMILES string of the molecule is Cc1ccc(C)c(OCC(=O)N2C[C@@H](C)[C@H](C(=O)O)C2)c1. The summed E-state index contributed by atoms with van der Waals surface area (Å²) in [7, 11) is 0. The lowest BCUT2D eigenvalue weighted by Crippen LogP contribution is -2.34. The molecule has 21 heavy (non-hydrogen) atoms. The molecule has 0 spiro atoms. The van der Waals surface area contributed by atoms with Gasteiger partial charge in [0.05, 0.1) is 5.92 Å². The largest absolute Gasteiger partial charge is 0.483 e. The second kappa shape index (κ2) is 6.16. The lowest BCUT2D eigenvalue weighted by molar-refractivity contribution is -0.142. The third kappa shape index (κ3) is 3.54. The van der Waals surface area contributed by atoms with Crippen molar-refractivity contribution in [3.8, 4) is 5.75 Å². The van der Waals surface area contributed by atoms with Gasteiger partial charge in [0.15, 0.2) is 6.61 Å². The molecule has 1 N–H and O–H groups in total. The topological polar surface area (TPSA) is 66.8 Å². The first-order valence-electron chi connectivity index (χ1n) is 7.09. The van der Waals surface area contributed by atoms with E-state index in [9.17, 15) is 9.59 Å². The van der Waals surface area contributed by atoms with Crippen LogP contribution in [0.2, 0.25) is 0 Å². The fourth-order valence-electron chi connectivity index (χ4n) is 2.59. The number of amides is 1. The molecule has 0 aromatic heterocycles. The average molecular weight is 291 g/mol. The molecule has 0 bridgehead atoms. The molecule has 0 unspecified atom stereocenters. The number of carboxylic acids is 1. The third-order valence-electron chi connectivity index (χ3n) is 3.98. The van der Waals surface area contributed by atoms with E-state index in [0.29, 0.717) is 12.3 Å². The van der Waals surface area contributed by atoms with Crippen molar-refractivity contribution in [3.63, 3.8) is 0 Å². The Labute approximate surface area is 124 Å². The zero-order valence-corrected chi connectivity index (χ0v) is 12.6. The molecule has 0 aliphatic carbocycles. The Morgan fingerprint density at radius 3 is 2.67 bits per heavy atom. The van der Waals surface area contributed by atoms with Crippen LogP contribution >= 0.6 is 0 Å². The van der Waals surface area contributed by atoms with Gasteiger partial charge in [0.2, 0.25) is 0 Å². The number of rotatable bonds is 4. The monoisotopic (exact) mass is 291 g/mol. The average Bonchev–Trinajstić information content (AvgIpc) is 2.82. The molecule has 2 atom stereocenters. The molecule has 1 aliphatic rings. The first-order valence-corrected chi connectivity index (χ1v) is 7.09. The number of hydrogen-bond acceptors (Lipinski definition) is 3. The van der Waals surface area contributed by atoms with E-state index in [-0.39, 0.29) is 25.0 Å². The van der Waals surface area contributed by atoms with Crippen molar-refractivity contribution in [2.45, 2.75) is 20.8 Å². The number of aryl methyl sites for hydroxylation is 2. The Hall–Kier alpha value is -2.04. The molecule has 1 heterocycles. The molecule has 1 aromatic rings. The van der Waals surface area contributed by atoms with E-state index in [1.807, 2.05) is 39.0 Å². The molecule has 5 nitrogen and oxygen atoms in total. The van der Waals surface area contributed by atoms with Gasteiger partial charge in [-0.1, -0.05) is 19.1 Å². The summed E-state index contributed by atoms with van der Waals surface area (Å²) in [6.07, 6.45) is 0. The van der Waals surface area contributed by atoms with Crippen molar-refractivity contribution >= 4 is 11.9 Å². The molecule has 1 aromatic carbocycles. The first kappa shape index (κ1) is 15.4. The van der Waals surface area contributed by atoms with E-state index in [2.05, 4.69) is 0 Å². The standard InChI is InChI=1S/C16H21NO4/c1-10-4-5-11(2)14(6-10)21-9-15(18)17-7-12(3)13(8-17)16(19)20/h4-6,12-13H,7-9H2,1-3H3,(H,19,20)/t12-,13-/m1/s1. The van der Waals surface area contributed by atoms with Crippen LogP contribution in [0.15, 0.2) is 18.2 Å². The highest BCUT2D eigenvalue weighted by atomic mass is 16.5. The molecule has 1 aliphatic heterocycles. The van der Waals surface area contributed by atoms with E-state index in [0.717, 1.165) is 11.1 Å². The van der Waals surface area contributed by atoms with Crippen LogP contribution in [0.5, 0.6) is 5.75 Å². The minimum Gasteiger partial charge on any atom is -0.483 e. The maximum absolute atomic E-state index is 12.1. The molecule has 1 fully saturated rings. The molecule has 1 amide bonds. The van der Waals surface area contributed by atoms with Crippen molar-refractivity contribution in [2.75, 3.05) is 19.7 Å². The van der Waals surface area contributed by atoms with Crippen LogP contribution in [-0.4, -0.2) is 41.6 Å². The molecule has 2 rings (SSSR count). The van der Waals surface area contributed by atoms with Crippen molar-refractivity contribution in [2.24, 2.45) is 11.8 Å². The van der Waals surface area contributed by atoms with Crippen LogP contribution in [-0.2, 0) is 9.59 Å². The maximum Gasteiger partial charge on any atom is 0.308 e. The van der Waals surface area contributed by atoms with Crippen LogP contribution in [0, 0.1) is 25.7 Å². The van der Waals surface area contributed by atoms with Gasteiger partial charge in [0.25, 0.3) is 5.91 Å². The summed E-state index contributed by atoms with van der Waals surface area (Å²) in [6, 6.07) is 5.84. The highest BCUT2D eigenvalue weighted by Gasteiger charge is 2.36. The fraction of sp³-hybridized carbons (Fsp3) is 0.500. The predicted molar refractivity (Wildman–Crippen MR) is 78.3 cm³/mol. The van der Waals surface area contributed by atoms with Gasteiger partial charge >= 0.3 is 5.97 Å². The molecule has 1 saturated heterocycles. The summed E-state index contributed by atoms with van der Waals surface area (Å²) in [6.45, 7) is 6.45. The second-order valence-corrected chi connectivity index (χ2v) is 5.78. The Kier molecular flexibility index (Phi) is 4.50. The lowest BCUT2D eigenvalue weighted by atomic mass is 9.99. The van der Waals surface area contributed by atoms with E-state index in [1.165, 1.54) is 0 Å². The number of ether oxygens (including phenoxy) is 1. The highest BCUT2D eigenvalue weighted by Crippen LogP contribution is 2.24. The van der Waals surface area contributed by atoms with E-state index < -0.39 is 11.9 Å². The van der Waals surface area contributed by atoms with Crippen LogP contribution < -0.4 is 4.74 Å².